The molecule has 0 saturated carbocycles. The Hall–Kier alpha value is -2.29. The molecule has 0 bridgehead atoms. The summed E-state index contributed by atoms with van der Waals surface area (Å²) in [6, 6.07) is 12.8. The third-order valence-corrected chi connectivity index (χ3v) is 4.42. The molecule has 0 aliphatic carbocycles. The predicted octanol–water partition coefficient (Wildman–Crippen LogP) is 3.68. The van der Waals surface area contributed by atoms with Gasteiger partial charge in [-0.15, -0.1) is 0 Å². The first-order chi connectivity index (χ1) is 11.1. The minimum Gasteiger partial charge on any atom is -0.496 e. The molecule has 3 rings (SSSR count). The average Bonchev–Trinajstić information content (AvgIpc) is 2.95. The van der Waals surface area contributed by atoms with Crippen molar-refractivity contribution in [2.24, 2.45) is 0 Å². The standard InChI is InChI=1S/C20H25N2O/c1-15-11-16(2)20(17(3)12-15)22-10-9-21(14-22)13-18-7-5-6-8-19(18)23-4/h5-8,11-12,14H,9-10,13H2,1-4H3/q+1. The van der Waals surface area contributed by atoms with E-state index in [4.69, 9.17) is 4.74 Å². The van der Waals surface area contributed by atoms with Crippen LogP contribution in [0.15, 0.2) is 36.4 Å². The second-order valence-corrected chi connectivity index (χ2v) is 6.34. The minimum absolute atomic E-state index is 0.879. The largest absolute Gasteiger partial charge is 0.496 e. The van der Waals surface area contributed by atoms with Crippen LogP contribution in [-0.2, 0) is 6.54 Å². The molecule has 0 unspecified atom stereocenters. The van der Waals surface area contributed by atoms with E-state index in [-0.39, 0.29) is 0 Å². The number of anilines is 1. The Morgan fingerprint density at radius 2 is 1.78 bits per heavy atom. The van der Waals surface area contributed by atoms with Gasteiger partial charge < -0.3 is 4.74 Å². The average molecular weight is 309 g/mol. The van der Waals surface area contributed by atoms with Gasteiger partial charge in [0.1, 0.15) is 31.1 Å². The van der Waals surface area contributed by atoms with Crippen molar-refractivity contribution in [1.82, 2.24) is 0 Å². The topological polar surface area (TPSA) is 15.5 Å². The highest BCUT2D eigenvalue weighted by molar-refractivity contribution is 5.81. The molecule has 0 atom stereocenters. The van der Waals surface area contributed by atoms with Gasteiger partial charge in [0.05, 0.1) is 7.11 Å². The molecule has 3 nitrogen and oxygen atoms in total. The van der Waals surface area contributed by atoms with Gasteiger partial charge in [0.15, 0.2) is 0 Å². The predicted molar refractivity (Wildman–Crippen MR) is 95.9 cm³/mol. The molecule has 1 aliphatic rings. The lowest BCUT2D eigenvalue weighted by Crippen LogP contribution is -2.20. The van der Waals surface area contributed by atoms with E-state index < -0.39 is 0 Å². The Balaban J connectivity index is 1.84. The van der Waals surface area contributed by atoms with Crippen molar-refractivity contribution in [3.63, 3.8) is 0 Å². The van der Waals surface area contributed by atoms with Gasteiger partial charge in [-0.2, -0.15) is 0 Å². The van der Waals surface area contributed by atoms with Crippen LogP contribution in [0.1, 0.15) is 22.3 Å². The highest BCUT2D eigenvalue weighted by atomic mass is 16.5. The molecule has 23 heavy (non-hydrogen) atoms. The smallest absolute Gasteiger partial charge is 0.239 e. The van der Waals surface area contributed by atoms with Gasteiger partial charge >= 0.3 is 0 Å². The normalized spacial score (nSPS) is 14.1. The lowest BCUT2D eigenvalue weighted by molar-refractivity contribution is -0.530. The molecule has 120 valence electrons. The minimum atomic E-state index is 0.879. The fourth-order valence-electron chi connectivity index (χ4n) is 3.52. The van der Waals surface area contributed by atoms with Crippen molar-refractivity contribution < 1.29 is 9.31 Å². The molecule has 0 amide bonds. The Bertz CT molecular complexity index is 726. The van der Waals surface area contributed by atoms with Crippen LogP contribution in [-0.4, -0.2) is 31.1 Å². The zero-order chi connectivity index (χ0) is 16.4. The van der Waals surface area contributed by atoms with Gasteiger partial charge in [-0.3, -0.25) is 4.58 Å². The lowest BCUT2D eigenvalue weighted by atomic mass is 10.0. The third kappa shape index (κ3) is 3.24. The molecule has 0 saturated heterocycles. The quantitative estimate of drug-likeness (QED) is 0.801. The summed E-state index contributed by atoms with van der Waals surface area (Å²) in [5.74, 6) is 0.960. The summed E-state index contributed by atoms with van der Waals surface area (Å²) < 4.78 is 7.82. The Kier molecular flexibility index (Phi) is 4.37. The number of benzene rings is 2. The molecule has 1 heterocycles. The molecular weight excluding hydrogens is 284 g/mol. The van der Waals surface area contributed by atoms with E-state index in [9.17, 15) is 0 Å². The highest BCUT2D eigenvalue weighted by Gasteiger charge is 2.25. The second-order valence-electron chi connectivity index (χ2n) is 6.34. The maximum atomic E-state index is 5.46. The fraction of sp³-hybridized carbons (Fsp3) is 0.350. The van der Waals surface area contributed by atoms with Crippen LogP contribution in [0.4, 0.5) is 5.69 Å². The third-order valence-electron chi connectivity index (χ3n) is 4.42. The van der Waals surface area contributed by atoms with Crippen LogP contribution in [0.2, 0.25) is 0 Å². The van der Waals surface area contributed by atoms with Crippen LogP contribution < -0.4 is 9.64 Å². The van der Waals surface area contributed by atoms with E-state index in [2.05, 4.69) is 60.9 Å². The van der Waals surface area contributed by atoms with Crippen LogP contribution >= 0.6 is 0 Å². The lowest BCUT2D eigenvalue weighted by Gasteiger charge is -2.13. The first-order valence-electron chi connectivity index (χ1n) is 8.14. The number of rotatable bonds is 4. The molecule has 0 radical (unpaired) electrons. The zero-order valence-corrected chi connectivity index (χ0v) is 14.5. The van der Waals surface area contributed by atoms with Crippen molar-refractivity contribution in [1.29, 1.82) is 0 Å². The molecular formula is C20H25N2O+. The number of nitrogens with zero attached hydrogens (tertiary/aromatic N) is 2. The van der Waals surface area contributed by atoms with Crippen LogP contribution in [0.3, 0.4) is 0 Å². The van der Waals surface area contributed by atoms with Gasteiger partial charge in [0.2, 0.25) is 6.34 Å². The molecule has 0 N–H and O–H groups in total. The van der Waals surface area contributed by atoms with Gasteiger partial charge in [-0.1, -0.05) is 35.9 Å². The summed E-state index contributed by atoms with van der Waals surface area (Å²) in [7, 11) is 1.73. The summed E-state index contributed by atoms with van der Waals surface area (Å²) in [6.45, 7) is 9.50. The number of ether oxygens (including phenoxy) is 1. The summed E-state index contributed by atoms with van der Waals surface area (Å²) in [5, 5.41) is 0. The van der Waals surface area contributed by atoms with Crippen LogP contribution in [0.25, 0.3) is 0 Å². The van der Waals surface area contributed by atoms with Gasteiger partial charge in [0.25, 0.3) is 0 Å². The van der Waals surface area contributed by atoms with Crippen molar-refractivity contribution >= 4 is 12.0 Å². The molecule has 0 aromatic heterocycles. The summed E-state index contributed by atoms with van der Waals surface area (Å²) in [6.07, 6.45) is 2.25. The SMILES string of the molecule is COc1ccccc1C[N+]1=CN(c2c(C)cc(C)cc2C)CC1. The van der Waals surface area contributed by atoms with Crippen molar-refractivity contribution in [3.05, 3.63) is 58.7 Å². The maximum Gasteiger partial charge on any atom is 0.239 e. The molecule has 0 fully saturated rings. The number of aryl methyl sites for hydroxylation is 3. The monoisotopic (exact) mass is 309 g/mol. The first kappa shape index (κ1) is 15.6. The number of hydrogen-bond acceptors (Lipinski definition) is 2. The molecule has 3 heteroatoms. The number of hydrogen-bond donors (Lipinski definition) is 0. The zero-order valence-electron chi connectivity index (χ0n) is 14.5. The second kappa shape index (κ2) is 6.45. The highest BCUT2D eigenvalue weighted by Crippen LogP contribution is 2.27. The van der Waals surface area contributed by atoms with Crippen molar-refractivity contribution in [2.75, 3.05) is 25.1 Å². The number of para-hydroxylation sites is 1. The van der Waals surface area contributed by atoms with Crippen molar-refractivity contribution in [2.45, 2.75) is 27.3 Å². The van der Waals surface area contributed by atoms with Crippen LogP contribution in [0, 0.1) is 20.8 Å². The van der Waals surface area contributed by atoms with E-state index in [1.54, 1.807) is 7.11 Å². The van der Waals surface area contributed by atoms with Crippen LogP contribution in [0.5, 0.6) is 5.75 Å². The summed E-state index contributed by atoms with van der Waals surface area (Å²) in [5.41, 5.74) is 6.59. The van der Waals surface area contributed by atoms with Crippen molar-refractivity contribution in [3.8, 4) is 5.75 Å². The summed E-state index contributed by atoms with van der Waals surface area (Å²) in [4.78, 5) is 2.37. The molecule has 1 aliphatic heterocycles. The van der Waals surface area contributed by atoms with E-state index in [0.717, 1.165) is 25.4 Å². The van der Waals surface area contributed by atoms with Gasteiger partial charge in [0, 0.05) is 5.56 Å². The van der Waals surface area contributed by atoms with E-state index in [0.29, 0.717) is 0 Å². The fourth-order valence-corrected chi connectivity index (χ4v) is 3.52. The van der Waals surface area contributed by atoms with E-state index >= 15 is 0 Å². The Morgan fingerprint density at radius 1 is 1.09 bits per heavy atom. The summed E-state index contributed by atoms with van der Waals surface area (Å²) >= 11 is 0. The Morgan fingerprint density at radius 3 is 2.48 bits per heavy atom. The maximum absolute atomic E-state index is 5.46. The Labute approximate surface area is 138 Å². The van der Waals surface area contributed by atoms with Gasteiger partial charge in [-0.25, -0.2) is 4.90 Å². The molecule has 2 aromatic carbocycles. The van der Waals surface area contributed by atoms with E-state index in [1.165, 1.54) is 27.9 Å². The number of methoxy groups -OCH3 is 1. The van der Waals surface area contributed by atoms with Gasteiger partial charge in [-0.05, 0) is 38.0 Å². The molecule has 0 spiro atoms. The molecule has 2 aromatic rings. The first-order valence-corrected chi connectivity index (χ1v) is 8.14. The van der Waals surface area contributed by atoms with E-state index in [1.807, 2.05) is 12.1 Å².